The van der Waals surface area contributed by atoms with E-state index in [1.54, 1.807) is 17.0 Å². The highest BCUT2D eigenvalue weighted by molar-refractivity contribution is 5.97. The summed E-state index contributed by atoms with van der Waals surface area (Å²) in [5.74, 6) is 2.64. The maximum absolute atomic E-state index is 11.7. The number of rotatable bonds is 1. The fourth-order valence-corrected chi connectivity index (χ4v) is 1.91. The maximum atomic E-state index is 11.7. The second kappa shape index (κ2) is 3.90. The summed E-state index contributed by atoms with van der Waals surface area (Å²) in [5.41, 5.74) is 1.51. The summed E-state index contributed by atoms with van der Waals surface area (Å²) in [7, 11) is 0. The highest BCUT2D eigenvalue weighted by atomic mass is 16.3. The Balaban J connectivity index is 2.32. The Labute approximate surface area is 94.7 Å². The van der Waals surface area contributed by atoms with Crippen LogP contribution in [0.15, 0.2) is 18.2 Å². The first-order chi connectivity index (χ1) is 7.61. The second-order valence-corrected chi connectivity index (χ2v) is 4.06. The molecule has 82 valence electrons. The summed E-state index contributed by atoms with van der Waals surface area (Å²) in [6, 6.07) is 5.26. The van der Waals surface area contributed by atoms with Crippen LogP contribution in [0.3, 0.4) is 0 Å². The Bertz CT molecular complexity index is 473. The zero-order valence-corrected chi connectivity index (χ0v) is 9.10. The molecule has 1 saturated heterocycles. The van der Waals surface area contributed by atoms with E-state index in [2.05, 4.69) is 5.92 Å². The van der Waals surface area contributed by atoms with Gasteiger partial charge in [-0.15, -0.1) is 12.3 Å². The van der Waals surface area contributed by atoms with Gasteiger partial charge in [0.05, 0.1) is 5.69 Å². The highest BCUT2D eigenvalue weighted by Gasteiger charge is 2.30. The third-order valence-corrected chi connectivity index (χ3v) is 2.78. The van der Waals surface area contributed by atoms with E-state index in [4.69, 9.17) is 6.42 Å². The van der Waals surface area contributed by atoms with Crippen molar-refractivity contribution in [1.29, 1.82) is 0 Å². The summed E-state index contributed by atoms with van der Waals surface area (Å²) in [6.07, 6.45) is 5.67. The van der Waals surface area contributed by atoms with Crippen LogP contribution in [-0.2, 0) is 4.79 Å². The number of carbonyl (C=O) groups excluding carboxylic acids is 1. The van der Waals surface area contributed by atoms with E-state index in [0.717, 1.165) is 5.56 Å². The minimum Gasteiger partial charge on any atom is -0.506 e. The Morgan fingerprint density at radius 3 is 2.88 bits per heavy atom. The number of carbonyl (C=O) groups is 1. The second-order valence-electron chi connectivity index (χ2n) is 4.06. The summed E-state index contributed by atoms with van der Waals surface area (Å²) in [5, 5.41) is 9.78. The molecule has 0 saturated carbocycles. The lowest BCUT2D eigenvalue weighted by Gasteiger charge is -2.17. The lowest BCUT2D eigenvalue weighted by atomic mass is 10.1. The van der Waals surface area contributed by atoms with Gasteiger partial charge in [0, 0.05) is 18.9 Å². The van der Waals surface area contributed by atoms with Crippen molar-refractivity contribution >= 4 is 11.6 Å². The third kappa shape index (κ3) is 1.74. The molecule has 0 radical (unpaired) electrons. The van der Waals surface area contributed by atoms with E-state index in [1.807, 2.05) is 13.0 Å². The first-order valence-corrected chi connectivity index (χ1v) is 5.18. The molecule has 1 aromatic rings. The monoisotopic (exact) mass is 215 g/mol. The first-order valence-electron chi connectivity index (χ1n) is 5.18. The standard InChI is InChI=1S/C13H13NO2/c1-3-10-7-13(16)14(8-10)11-5-4-9(2)6-12(11)15/h1,4-6,10,15H,7-8H2,2H3. The van der Waals surface area contributed by atoms with Crippen molar-refractivity contribution in [3.63, 3.8) is 0 Å². The zero-order valence-electron chi connectivity index (χ0n) is 9.10. The Kier molecular flexibility index (Phi) is 2.57. The molecule has 1 aromatic carbocycles. The Morgan fingerprint density at radius 2 is 2.31 bits per heavy atom. The van der Waals surface area contributed by atoms with Crippen LogP contribution >= 0.6 is 0 Å². The number of anilines is 1. The van der Waals surface area contributed by atoms with Gasteiger partial charge in [0.1, 0.15) is 5.75 Å². The molecule has 1 heterocycles. The molecule has 2 rings (SSSR count). The Morgan fingerprint density at radius 1 is 1.56 bits per heavy atom. The number of phenols is 1. The van der Waals surface area contributed by atoms with Gasteiger partial charge in [-0.2, -0.15) is 0 Å². The number of benzene rings is 1. The summed E-state index contributed by atoms with van der Waals surface area (Å²) < 4.78 is 0. The molecular formula is C13H13NO2. The van der Waals surface area contributed by atoms with Crippen molar-refractivity contribution in [2.75, 3.05) is 11.4 Å². The molecule has 0 spiro atoms. The average Bonchev–Trinajstić information content (AvgIpc) is 2.60. The van der Waals surface area contributed by atoms with E-state index in [1.165, 1.54) is 0 Å². The fraction of sp³-hybridized carbons (Fsp3) is 0.308. The first kappa shape index (κ1) is 10.6. The number of phenolic OH excluding ortho intramolecular Hbond substituents is 1. The molecule has 0 aromatic heterocycles. The molecule has 1 atom stereocenters. The van der Waals surface area contributed by atoms with Crippen LogP contribution in [0.5, 0.6) is 5.75 Å². The van der Waals surface area contributed by atoms with E-state index in [0.29, 0.717) is 18.7 Å². The van der Waals surface area contributed by atoms with Gasteiger partial charge in [0.2, 0.25) is 5.91 Å². The van der Waals surface area contributed by atoms with Crippen LogP contribution in [0.25, 0.3) is 0 Å². The van der Waals surface area contributed by atoms with Crippen molar-refractivity contribution in [2.45, 2.75) is 13.3 Å². The van der Waals surface area contributed by atoms with E-state index in [9.17, 15) is 9.90 Å². The molecule has 1 aliphatic heterocycles. The fourth-order valence-electron chi connectivity index (χ4n) is 1.91. The normalized spacial score (nSPS) is 19.9. The molecule has 1 unspecified atom stereocenters. The molecular weight excluding hydrogens is 202 g/mol. The molecule has 1 fully saturated rings. The van der Waals surface area contributed by atoms with Crippen molar-refractivity contribution in [3.05, 3.63) is 23.8 Å². The number of aryl methyl sites for hydroxylation is 1. The van der Waals surface area contributed by atoms with Crippen LogP contribution in [0.2, 0.25) is 0 Å². The predicted molar refractivity (Wildman–Crippen MR) is 62.1 cm³/mol. The zero-order chi connectivity index (χ0) is 11.7. The minimum atomic E-state index is -0.0480. The van der Waals surface area contributed by atoms with Gasteiger partial charge in [0.25, 0.3) is 0 Å². The van der Waals surface area contributed by atoms with Crippen LogP contribution < -0.4 is 4.90 Å². The largest absolute Gasteiger partial charge is 0.506 e. The number of hydrogen-bond acceptors (Lipinski definition) is 2. The van der Waals surface area contributed by atoms with Crippen molar-refractivity contribution in [3.8, 4) is 18.1 Å². The number of nitrogens with zero attached hydrogens (tertiary/aromatic N) is 1. The quantitative estimate of drug-likeness (QED) is 0.724. The third-order valence-electron chi connectivity index (χ3n) is 2.78. The van der Waals surface area contributed by atoms with E-state index < -0.39 is 0 Å². The van der Waals surface area contributed by atoms with Crippen molar-refractivity contribution < 1.29 is 9.90 Å². The number of aromatic hydroxyl groups is 1. The van der Waals surface area contributed by atoms with Gasteiger partial charge in [-0.05, 0) is 24.6 Å². The van der Waals surface area contributed by atoms with Gasteiger partial charge in [0.15, 0.2) is 0 Å². The predicted octanol–water partition coefficient (Wildman–Crippen LogP) is 1.69. The average molecular weight is 215 g/mol. The number of terminal acetylenes is 1. The van der Waals surface area contributed by atoms with Crippen LogP contribution in [0, 0.1) is 25.2 Å². The molecule has 0 bridgehead atoms. The van der Waals surface area contributed by atoms with Crippen LogP contribution in [0.1, 0.15) is 12.0 Å². The number of amides is 1. The highest BCUT2D eigenvalue weighted by Crippen LogP contribution is 2.32. The molecule has 16 heavy (non-hydrogen) atoms. The van der Waals surface area contributed by atoms with E-state index >= 15 is 0 Å². The topological polar surface area (TPSA) is 40.5 Å². The van der Waals surface area contributed by atoms with Gasteiger partial charge in [-0.25, -0.2) is 0 Å². The summed E-state index contributed by atoms with van der Waals surface area (Å²) in [4.78, 5) is 13.3. The van der Waals surface area contributed by atoms with Gasteiger partial charge in [-0.3, -0.25) is 4.79 Å². The number of hydrogen-bond donors (Lipinski definition) is 1. The minimum absolute atomic E-state index is 0.0258. The Hall–Kier alpha value is -1.95. The molecule has 1 N–H and O–H groups in total. The summed E-state index contributed by atoms with van der Waals surface area (Å²) in [6.45, 7) is 2.38. The molecule has 0 aliphatic carbocycles. The lowest BCUT2D eigenvalue weighted by Crippen LogP contribution is -2.24. The van der Waals surface area contributed by atoms with Crippen molar-refractivity contribution in [2.24, 2.45) is 5.92 Å². The lowest BCUT2D eigenvalue weighted by molar-refractivity contribution is -0.117. The SMILES string of the molecule is C#CC1CC(=O)N(c2ccc(C)cc2O)C1. The molecule has 3 nitrogen and oxygen atoms in total. The summed E-state index contributed by atoms with van der Waals surface area (Å²) >= 11 is 0. The smallest absolute Gasteiger partial charge is 0.228 e. The molecule has 1 aliphatic rings. The van der Waals surface area contributed by atoms with Gasteiger partial charge < -0.3 is 10.0 Å². The maximum Gasteiger partial charge on any atom is 0.228 e. The van der Waals surface area contributed by atoms with Crippen LogP contribution in [0.4, 0.5) is 5.69 Å². The van der Waals surface area contributed by atoms with Gasteiger partial charge in [-0.1, -0.05) is 6.07 Å². The molecule has 3 heteroatoms. The van der Waals surface area contributed by atoms with Gasteiger partial charge >= 0.3 is 0 Å². The van der Waals surface area contributed by atoms with Crippen molar-refractivity contribution in [1.82, 2.24) is 0 Å². The molecule has 1 amide bonds. The van der Waals surface area contributed by atoms with Crippen LogP contribution in [-0.4, -0.2) is 17.6 Å². The van der Waals surface area contributed by atoms with E-state index in [-0.39, 0.29) is 17.6 Å².